The van der Waals surface area contributed by atoms with Crippen LogP contribution in [0.2, 0.25) is 5.02 Å². The maximum Gasteiger partial charge on any atom is 0.325 e. The first-order chi connectivity index (χ1) is 12.9. The Morgan fingerprint density at radius 2 is 1.81 bits per heavy atom. The van der Waals surface area contributed by atoms with Gasteiger partial charge in [0.15, 0.2) is 6.61 Å². The summed E-state index contributed by atoms with van der Waals surface area (Å²) >= 11 is 5.68. The number of rotatable bonds is 7. The molecule has 0 heterocycles. The van der Waals surface area contributed by atoms with E-state index in [1.165, 1.54) is 12.1 Å². The normalized spacial score (nSPS) is 9.96. The lowest BCUT2D eigenvalue weighted by Gasteiger charge is -2.08. The minimum absolute atomic E-state index is 0.0708. The minimum Gasteiger partial charge on any atom is -0.454 e. The molecule has 2 aromatic carbocycles. The summed E-state index contributed by atoms with van der Waals surface area (Å²) in [5, 5.41) is 15.4. The van der Waals surface area contributed by atoms with Gasteiger partial charge in [-0.3, -0.25) is 24.5 Å². The number of benzene rings is 2. The van der Waals surface area contributed by atoms with Gasteiger partial charge in [0.05, 0.1) is 4.92 Å². The molecule has 0 fully saturated rings. The Bertz CT molecular complexity index is 872. The molecule has 2 rings (SSSR count). The molecule has 2 aromatic rings. The fourth-order valence-corrected chi connectivity index (χ4v) is 2.16. The second-order valence-corrected chi connectivity index (χ2v) is 5.59. The third-order valence-electron chi connectivity index (χ3n) is 3.22. The van der Waals surface area contributed by atoms with E-state index < -0.39 is 35.9 Å². The van der Waals surface area contributed by atoms with Gasteiger partial charge in [0.2, 0.25) is 0 Å². The van der Waals surface area contributed by atoms with Crippen molar-refractivity contribution in [1.82, 2.24) is 5.32 Å². The minimum atomic E-state index is -0.809. The molecule has 140 valence electrons. The second-order valence-electron chi connectivity index (χ2n) is 5.18. The van der Waals surface area contributed by atoms with Crippen molar-refractivity contribution in [1.29, 1.82) is 0 Å². The molecule has 0 radical (unpaired) electrons. The molecular weight excluding hydrogens is 378 g/mol. The summed E-state index contributed by atoms with van der Waals surface area (Å²) < 4.78 is 4.74. The summed E-state index contributed by atoms with van der Waals surface area (Å²) in [6, 6.07) is 12.0. The van der Waals surface area contributed by atoms with Gasteiger partial charge in [-0.05, 0) is 24.3 Å². The lowest BCUT2D eigenvalue weighted by molar-refractivity contribution is -0.384. The molecular formula is C17H14ClN3O6. The first-order valence-corrected chi connectivity index (χ1v) is 7.97. The van der Waals surface area contributed by atoms with Crippen molar-refractivity contribution in [2.75, 3.05) is 18.5 Å². The third kappa shape index (κ3) is 6.08. The fourth-order valence-electron chi connectivity index (χ4n) is 1.97. The van der Waals surface area contributed by atoms with E-state index in [-0.39, 0.29) is 16.4 Å². The number of halogens is 1. The van der Waals surface area contributed by atoms with Crippen molar-refractivity contribution in [3.63, 3.8) is 0 Å². The second kappa shape index (κ2) is 9.30. The predicted octanol–water partition coefficient (Wildman–Crippen LogP) is 2.16. The average molecular weight is 392 g/mol. The largest absolute Gasteiger partial charge is 0.454 e. The van der Waals surface area contributed by atoms with E-state index in [1.807, 2.05) is 0 Å². The molecule has 0 atom stereocenters. The van der Waals surface area contributed by atoms with Crippen molar-refractivity contribution in [3.8, 4) is 0 Å². The summed E-state index contributed by atoms with van der Waals surface area (Å²) in [4.78, 5) is 45.3. The van der Waals surface area contributed by atoms with Gasteiger partial charge in [-0.1, -0.05) is 29.8 Å². The number of amides is 2. The summed E-state index contributed by atoms with van der Waals surface area (Å²) in [5.41, 5.74) is 0.145. The predicted molar refractivity (Wildman–Crippen MR) is 96.5 cm³/mol. The van der Waals surface area contributed by atoms with E-state index in [0.717, 1.165) is 6.07 Å². The molecule has 2 amide bonds. The van der Waals surface area contributed by atoms with E-state index in [9.17, 15) is 24.5 Å². The molecule has 27 heavy (non-hydrogen) atoms. The number of nitro benzene ring substituents is 1. The van der Waals surface area contributed by atoms with Crippen LogP contribution in [-0.2, 0) is 14.3 Å². The van der Waals surface area contributed by atoms with Crippen LogP contribution < -0.4 is 10.6 Å². The maximum absolute atomic E-state index is 11.8. The average Bonchev–Trinajstić information content (AvgIpc) is 2.66. The van der Waals surface area contributed by atoms with Crippen LogP contribution >= 0.6 is 11.6 Å². The highest BCUT2D eigenvalue weighted by Crippen LogP contribution is 2.27. The molecule has 9 nitrogen and oxygen atoms in total. The van der Waals surface area contributed by atoms with Gasteiger partial charge in [-0.2, -0.15) is 0 Å². The first-order valence-electron chi connectivity index (χ1n) is 7.59. The van der Waals surface area contributed by atoms with Crippen molar-refractivity contribution < 1.29 is 24.0 Å². The van der Waals surface area contributed by atoms with Gasteiger partial charge in [0, 0.05) is 17.3 Å². The Kier molecular flexibility index (Phi) is 6.84. The highest BCUT2D eigenvalue weighted by molar-refractivity contribution is 6.32. The van der Waals surface area contributed by atoms with Crippen molar-refractivity contribution in [2.24, 2.45) is 0 Å². The lowest BCUT2D eigenvalue weighted by atomic mass is 10.2. The molecule has 0 bridgehead atoms. The lowest BCUT2D eigenvalue weighted by Crippen LogP contribution is -2.32. The SMILES string of the molecule is O=C(COC(=O)CNC(=O)c1ccccc1)Nc1ccc(Cl)c([N+](=O)[O-])c1. The number of carbonyl (C=O) groups is 3. The number of nitrogens with one attached hydrogen (secondary N) is 2. The summed E-state index contributed by atoms with van der Waals surface area (Å²) in [5.74, 6) is -1.96. The van der Waals surface area contributed by atoms with E-state index in [4.69, 9.17) is 16.3 Å². The zero-order chi connectivity index (χ0) is 19.8. The highest BCUT2D eigenvalue weighted by atomic mass is 35.5. The number of nitro groups is 1. The van der Waals surface area contributed by atoms with Crippen molar-refractivity contribution in [2.45, 2.75) is 0 Å². The van der Waals surface area contributed by atoms with Gasteiger partial charge in [-0.15, -0.1) is 0 Å². The summed E-state index contributed by atoms with van der Waals surface area (Å²) in [6.07, 6.45) is 0. The Morgan fingerprint density at radius 1 is 1.11 bits per heavy atom. The van der Waals surface area contributed by atoms with Crippen LogP contribution in [0.1, 0.15) is 10.4 Å². The van der Waals surface area contributed by atoms with E-state index in [1.54, 1.807) is 30.3 Å². The van der Waals surface area contributed by atoms with Gasteiger partial charge in [0.25, 0.3) is 17.5 Å². The molecule has 0 unspecified atom stereocenters. The fraction of sp³-hybridized carbons (Fsp3) is 0.118. The van der Waals surface area contributed by atoms with Crippen LogP contribution in [0.25, 0.3) is 0 Å². The molecule has 0 spiro atoms. The number of ether oxygens (including phenoxy) is 1. The number of hydrogen-bond donors (Lipinski definition) is 2. The number of anilines is 1. The Balaban J connectivity index is 1.78. The maximum atomic E-state index is 11.8. The summed E-state index contributed by atoms with van der Waals surface area (Å²) in [7, 11) is 0. The van der Waals surface area contributed by atoms with E-state index in [2.05, 4.69) is 10.6 Å². The van der Waals surface area contributed by atoms with E-state index in [0.29, 0.717) is 5.56 Å². The first kappa shape index (κ1) is 19.9. The van der Waals surface area contributed by atoms with Crippen LogP contribution in [0.3, 0.4) is 0 Å². The standard InChI is InChI=1S/C17H14ClN3O6/c18-13-7-6-12(8-14(13)21(25)26)20-15(22)10-27-16(23)9-19-17(24)11-4-2-1-3-5-11/h1-8H,9-10H2,(H,19,24)(H,20,22). The van der Waals surface area contributed by atoms with Crippen molar-refractivity contribution >= 4 is 40.8 Å². The molecule has 0 aliphatic heterocycles. The van der Waals surface area contributed by atoms with Crippen molar-refractivity contribution in [3.05, 3.63) is 69.2 Å². The molecule has 0 aromatic heterocycles. The molecule has 0 saturated heterocycles. The van der Waals surface area contributed by atoms with E-state index >= 15 is 0 Å². The third-order valence-corrected chi connectivity index (χ3v) is 3.54. The monoisotopic (exact) mass is 391 g/mol. The Morgan fingerprint density at radius 3 is 2.48 bits per heavy atom. The number of carbonyl (C=O) groups excluding carboxylic acids is 3. The van der Waals surface area contributed by atoms with Gasteiger partial charge in [-0.25, -0.2) is 0 Å². The molecule has 0 aliphatic rings. The Labute approximate surface area is 158 Å². The Hall–Kier alpha value is -3.46. The highest BCUT2D eigenvalue weighted by Gasteiger charge is 2.15. The van der Waals surface area contributed by atoms with Crippen LogP contribution in [0.4, 0.5) is 11.4 Å². The molecule has 10 heteroatoms. The zero-order valence-electron chi connectivity index (χ0n) is 13.8. The zero-order valence-corrected chi connectivity index (χ0v) is 14.6. The van der Waals surface area contributed by atoms with Gasteiger partial charge in [0.1, 0.15) is 11.6 Å². The van der Waals surface area contributed by atoms with Gasteiger partial charge < -0.3 is 15.4 Å². The number of nitrogens with zero attached hydrogens (tertiary/aromatic N) is 1. The molecule has 2 N–H and O–H groups in total. The molecule has 0 aliphatic carbocycles. The van der Waals surface area contributed by atoms with Crippen LogP contribution in [0.5, 0.6) is 0 Å². The van der Waals surface area contributed by atoms with Crippen LogP contribution in [-0.4, -0.2) is 35.9 Å². The topological polar surface area (TPSA) is 128 Å². The number of hydrogen-bond acceptors (Lipinski definition) is 6. The van der Waals surface area contributed by atoms with Crippen LogP contribution in [0.15, 0.2) is 48.5 Å². The smallest absolute Gasteiger partial charge is 0.325 e. The van der Waals surface area contributed by atoms with Gasteiger partial charge >= 0.3 is 5.97 Å². The number of esters is 1. The molecule has 0 saturated carbocycles. The van der Waals surface area contributed by atoms with Crippen LogP contribution in [0, 0.1) is 10.1 Å². The quantitative estimate of drug-likeness (QED) is 0.423. The summed E-state index contributed by atoms with van der Waals surface area (Å²) in [6.45, 7) is -1.02.